The fourth-order valence-electron chi connectivity index (χ4n) is 2.63. The van der Waals surface area contributed by atoms with Crippen LogP contribution in [0.1, 0.15) is 25.3 Å². The molecule has 0 unspecified atom stereocenters. The Hall–Kier alpha value is -1.81. The number of aromatic nitrogens is 2. The van der Waals surface area contributed by atoms with Crippen LogP contribution in [0.25, 0.3) is 0 Å². The molecule has 0 atom stereocenters. The van der Waals surface area contributed by atoms with Crippen molar-refractivity contribution in [2.45, 2.75) is 26.3 Å². The summed E-state index contributed by atoms with van der Waals surface area (Å²) in [5.41, 5.74) is 1.16. The van der Waals surface area contributed by atoms with Gasteiger partial charge >= 0.3 is 0 Å². The van der Waals surface area contributed by atoms with Crippen LogP contribution in [0.4, 0.5) is 11.8 Å². The Bertz CT molecular complexity index is 606. The molecule has 116 valence electrons. The van der Waals surface area contributed by atoms with Gasteiger partial charge in [-0.2, -0.15) is 4.98 Å². The predicted molar refractivity (Wildman–Crippen MR) is 91.4 cm³/mol. The molecule has 4 nitrogen and oxygen atoms in total. The van der Waals surface area contributed by atoms with Crippen LogP contribution in [0, 0.1) is 5.92 Å². The van der Waals surface area contributed by atoms with Crippen molar-refractivity contribution in [3.63, 3.8) is 0 Å². The fraction of sp³-hybridized carbons (Fsp3) is 0.412. The summed E-state index contributed by atoms with van der Waals surface area (Å²) in [6.45, 7) is 5.16. The Morgan fingerprint density at radius 3 is 2.64 bits per heavy atom. The third-order valence-corrected chi connectivity index (χ3v) is 4.36. The van der Waals surface area contributed by atoms with Crippen molar-refractivity contribution in [2.75, 3.05) is 23.3 Å². The number of nitrogens with one attached hydrogen (secondary N) is 1. The minimum absolute atomic E-state index is 0.672. The van der Waals surface area contributed by atoms with E-state index < -0.39 is 0 Å². The van der Waals surface area contributed by atoms with Gasteiger partial charge in [-0.1, -0.05) is 30.7 Å². The Kier molecular flexibility index (Phi) is 4.78. The lowest BCUT2D eigenvalue weighted by Gasteiger charge is -2.31. The maximum absolute atomic E-state index is 5.90. The second-order valence-corrected chi connectivity index (χ2v) is 6.32. The summed E-state index contributed by atoms with van der Waals surface area (Å²) in [4.78, 5) is 11.3. The van der Waals surface area contributed by atoms with Gasteiger partial charge in [-0.05, 0) is 42.5 Å². The average molecular weight is 317 g/mol. The molecule has 0 bridgehead atoms. The quantitative estimate of drug-likeness (QED) is 0.926. The molecule has 5 heteroatoms. The van der Waals surface area contributed by atoms with Crippen LogP contribution in [0.2, 0.25) is 5.02 Å². The van der Waals surface area contributed by atoms with Crippen molar-refractivity contribution in [3.05, 3.63) is 47.1 Å². The molecule has 1 aromatic carbocycles. The van der Waals surface area contributed by atoms with Crippen molar-refractivity contribution in [1.82, 2.24) is 9.97 Å². The monoisotopic (exact) mass is 316 g/mol. The highest BCUT2D eigenvalue weighted by Gasteiger charge is 2.17. The van der Waals surface area contributed by atoms with Gasteiger partial charge in [0.05, 0.1) is 0 Å². The van der Waals surface area contributed by atoms with Crippen LogP contribution in [-0.4, -0.2) is 23.1 Å². The van der Waals surface area contributed by atoms with Gasteiger partial charge in [0.2, 0.25) is 5.95 Å². The molecule has 1 aliphatic rings. The molecule has 0 amide bonds. The molecule has 1 aliphatic heterocycles. The van der Waals surface area contributed by atoms with Gasteiger partial charge in [-0.15, -0.1) is 0 Å². The lowest BCUT2D eigenvalue weighted by molar-refractivity contribution is 0.436. The van der Waals surface area contributed by atoms with E-state index in [2.05, 4.69) is 27.1 Å². The zero-order valence-electron chi connectivity index (χ0n) is 12.8. The average Bonchev–Trinajstić information content (AvgIpc) is 2.55. The molecule has 0 aliphatic carbocycles. The molecule has 0 saturated carbocycles. The molecule has 0 radical (unpaired) electrons. The van der Waals surface area contributed by atoms with Crippen molar-refractivity contribution in [3.8, 4) is 0 Å². The van der Waals surface area contributed by atoms with Gasteiger partial charge in [0.15, 0.2) is 0 Å². The number of hydrogen-bond donors (Lipinski definition) is 1. The minimum Gasteiger partial charge on any atom is -0.356 e. The van der Waals surface area contributed by atoms with E-state index in [1.807, 2.05) is 36.5 Å². The van der Waals surface area contributed by atoms with E-state index in [4.69, 9.17) is 11.6 Å². The Balaban J connectivity index is 1.62. The summed E-state index contributed by atoms with van der Waals surface area (Å²) < 4.78 is 0. The highest BCUT2D eigenvalue weighted by molar-refractivity contribution is 6.30. The van der Waals surface area contributed by atoms with Crippen molar-refractivity contribution < 1.29 is 0 Å². The largest absolute Gasteiger partial charge is 0.356 e. The molecule has 1 saturated heterocycles. The van der Waals surface area contributed by atoms with Crippen LogP contribution in [-0.2, 0) is 6.54 Å². The highest BCUT2D eigenvalue weighted by Crippen LogP contribution is 2.21. The standard InChI is InChI=1S/C17H21ClN4/c1-13-7-10-22(11-8-13)16-6-9-19-17(21-16)20-12-14-2-4-15(18)5-3-14/h2-6,9,13H,7-8,10-12H2,1H3,(H,19,20,21). The molecule has 22 heavy (non-hydrogen) atoms. The maximum atomic E-state index is 5.90. The number of rotatable bonds is 4. The normalized spacial score (nSPS) is 15.8. The van der Waals surface area contributed by atoms with E-state index in [1.54, 1.807) is 0 Å². The van der Waals surface area contributed by atoms with Gasteiger partial charge in [-0.25, -0.2) is 4.98 Å². The lowest BCUT2D eigenvalue weighted by Crippen LogP contribution is -2.33. The summed E-state index contributed by atoms with van der Waals surface area (Å²) in [7, 11) is 0. The Morgan fingerprint density at radius 2 is 1.91 bits per heavy atom. The molecule has 2 aromatic rings. The molecular formula is C17H21ClN4. The van der Waals surface area contributed by atoms with Gasteiger partial charge in [0, 0.05) is 30.9 Å². The van der Waals surface area contributed by atoms with Crippen LogP contribution in [0.5, 0.6) is 0 Å². The van der Waals surface area contributed by atoms with Gasteiger partial charge in [0.25, 0.3) is 0 Å². The number of nitrogens with zero attached hydrogens (tertiary/aromatic N) is 3. The van der Waals surface area contributed by atoms with Crippen molar-refractivity contribution in [2.24, 2.45) is 5.92 Å². The van der Waals surface area contributed by atoms with Crippen molar-refractivity contribution in [1.29, 1.82) is 0 Å². The summed E-state index contributed by atoms with van der Waals surface area (Å²) in [5.74, 6) is 2.51. The summed E-state index contributed by atoms with van der Waals surface area (Å²) in [6, 6.07) is 9.79. The predicted octanol–water partition coefficient (Wildman–Crippen LogP) is 3.98. The first-order valence-electron chi connectivity index (χ1n) is 7.77. The van der Waals surface area contributed by atoms with E-state index >= 15 is 0 Å². The molecular weight excluding hydrogens is 296 g/mol. The van der Waals surface area contributed by atoms with E-state index in [0.717, 1.165) is 35.4 Å². The van der Waals surface area contributed by atoms with Crippen molar-refractivity contribution >= 4 is 23.4 Å². The summed E-state index contributed by atoms with van der Waals surface area (Å²) >= 11 is 5.90. The first-order valence-corrected chi connectivity index (χ1v) is 8.15. The van der Waals surface area contributed by atoms with Gasteiger partial charge in [-0.3, -0.25) is 0 Å². The molecule has 0 spiro atoms. The second-order valence-electron chi connectivity index (χ2n) is 5.89. The molecule has 1 N–H and O–H groups in total. The number of anilines is 2. The Morgan fingerprint density at radius 1 is 1.18 bits per heavy atom. The van der Waals surface area contributed by atoms with Crippen LogP contribution < -0.4 is 10.2 Å². The first kappa shape index (κ1) is 15.1. The van der Waals surface area contributed by atoms with E-state index in [1.165, 1.54) is 12.8 Å². The zero-order valence-corrected chi connectivity index (χ0v) is 13.6. The molecule has 2 heterocycles. The van der Waals surface area contributed by atoms with Crippen LogP contribution >= 0.6 is 11.6 Å². The molecule has 1 aromatic heterocycles. The fourth-order valence-corrected chi connectivity index (χ4v) is 2.76. The number of piperidine rings is 1. The highest BCUT2D eigenvalue weighted by atomic mass is 35.5. The smallest absolute Gasteiger partial charge is 0.224 e. The SMILES string of the molecule is CC1CCN(c2ccnc(NCc3ccc(Cl)cc3)n2)CC1. The summed E-state index contributed by atoms with van der Waals surface area (Å²) in [5, 5.41) is 4.03. The molecule has 1 fully saturated rings. The minimum atomic E-state index is 0.672. The number of benzene rings is 1. The number of hydrogen-bond acceptors (Lipinski definition) is 4. The van der Waals surface area contributed by atoms with E-state index in [9.17, 15) is 0 Å². The van der Waals surface area contributed by atoms with Gasteiger partial charge in [0.1, 0.15) is 5.82 Å². The number of halogens is 1. The molecule has 3 rings (SSSR count). The zero-order chi connectivity index (χ0) is 15.4. The summed E-state index contributed by atoms with van der Waals surface area (Å²) in [6.07, 6.45) is 4.29. The maximum Gasteiger partial charge on any atom is 0.224 e. The van der Waals surface area contributed by atoms with E-state index in [0.29, 0.717) is 12.5 Å². The second kappa shape index (κ2) is 6.97. The third-order valence-electron chi connectivity index (χ3n) is 4.11. The lowest BCUT2D eigenvalue weighted by atomic mass is 9.99. The topological polar surface area (TPSA) is 41.1 Å². The van der Waals surface area contributed by atoms with E-state index in [-0.39, 0.29) is 0 Å². The van der Waals surface area contributed by atoms with Crippen LogP contribution in [0.15, 0.2) is 36.5 Å². The first-order chi connectivity index (χ1) is 10.7. The Labute approximate surface area is 136 Å². The van der Waals surface area contributed by atoms with Gasteiger partial charge < -0.3 is 10.2 Å². The third kappa shape index (κ3) is 3.89. The van der Waals surface area contributed by atoms with Crippen LogP contribution in [0.3, 0.4) is 0 Å².